The number of ether oxygens (including phenoxy) is 1. The molecule has 2 aromatic carbocycles. The van der Waals surface area contributed by atoms with E-state index in [1.807, 2.05) is 42.5 Å². The maximum absolute atomic E-state index is 12.7. The average molecular weight is 464 g/mol. The fraction of sp³-hybridized carbons (Fsp3) is 0.250. The van der Waals surface area contributed by atoms with Crippen LogP contribution in [0.25, 0.3) is 5.78 Å². The van der Waals surface area contributed by atoms with E-state index in [2.05, 4.69) is 29.1 Å². The van der Waals surface area contributed by atoms with E-state index in [4.69, 9.17) is 4.74 Å². The zero-order valence-electron chi connectivity index (χ0n) is 18.5. The van der Waals surface area contributed by atoms with E-state index in [1.54, 1.807) is 23.1 Å². The fourth-order valence-electron chi connectivity index (χ4n) is 3.28. The highest BCUT2D eigenvalue weighted by Crippen LogP contribution is 2.29. The standard InChI is InChI=1S/C24H25N5O3S/c1-17(2)13-28-16-25-24-26-18(12-23(31)29(24)28)15-33-21-11-7-6-10-20(21)27-22(30)14-32-19-8-4-3-5-9-19/h3-12,16-17H,13-15H2,1-2H3,(H,27,30). The van der Waals surface area contributed by atoms with Gasteiger partial charge in [-0.15, -0.1) is 11.8 Å². The van der Waals surface area contributed by atoms with Crippen LogP contribution in [0.3, 0.4) is 0 Å². The SMILES string of the molecule is CC(C)Cn1cnc2nc(CSc3ccccc3NC(=O)COc3ccccc3)cc(=O)n21. The van der Waals surface area contributed by atoms with Crippen LogP contribution in [0.2, 0.25) is 0 Å². The number of aromatic nitrogens is 4. The van der Waals surface area contributed by atoms with Crippen LogP contribution in [0.1, 0.15) is 19.5 Å². The average Bonchev–Trinajstić information content (AvgIpc) is 3.20. The van der Waals surface area contributed by atoms with Crippen LogP contribution in [-0.2, 0) is 17.1 Å². The summed E-state index contributed by atoms with van der Waals surface area (Å²) in [7, 11) is 0. The summed E-state index contributed by atoms with van der Waals surface area (Å²) < 4.78 is 8.80. The van der Waals surface area contributed by atoms with E-state index in [1.165, 1.54) is 22.3 Å². The van der Waals surface area contributed by atoms with Gasteiger partial charge in [-0.05, 0) is 30.2 Å². The van der Waals surface area contributed by atoms with Crippen LogP contribution < -0.4 is 15.6 Å². The number of nitrogens with one attached hydrogen (secondary N) is 1. The summed E-state index contributed by atoms with van der Waals surface area (Å²) in [6, 6.07) is 18.2. The molecule has 0 radical (unpaired) electrons. The molecule has 0 fully saturated rings. The number of hydrogen-bond donors (Lipinski definition) is 1. The quantitative estimate of drug-likeness (QED) is 0.379. The largest absolute Gasteiger partial charge is 0.484 e. The van der Waals surface area contributed by atoms with Crippen molar-refractivity contribution in [2.75, 3.05) is 11.9 Å². The normalized spacial score (nSPS) is 11.1. The maximum Gasteiger partial charge on any atom is 0.274 e. The molecule has 9 heteroatoms. The number of para-hydroxylation sites is 2. The molecule has 33 heavy (non-hydrogen) atoms. The minimum absolute atomic E-state index is 0.0863. The summed E-state index contributed by atoms with van der Waals surface area (Å²) in [5.74, 6) is 1.63. The molecule has 1 N–H and O–H groups in total. The molecule has 0 bridgehead atoms. The van der Waals surface area contributed by atoms with Crippen LogP contribution in [0.4, 0.5) is 5.69 Å². The van der Waals surface area contributed by atoms with Gasteiger partial charge in [0.15, 0.2) is 6.61 Å². The van der Waals surface area contributed by atoms with Gasteiger partial charge in [0.25, 0.3) is 17.2 Å². The number of thioether (sulfide) groups is 1. The molecule has 0 aliphatic rings. The molecule has 4 aromatic rings. The van der Waals surface area contributed by atoms with Crippen molar-refractivity contribution in [3.8, 4) is 5.75 Å². The number of hydrogen-bond acceptors (Lipinski definition) is 6. The first kappa shape index (κ1) is 22.6. The first-order chi connectivity index (χ1) is 16.0. The number of anilines is 1. The van der Waals surface area contributed by atoms with E-state index < -0.39 is 0 Å². The predicted octanol–water partition coefficient (Wildman–Crippen LogP) is 3.86. The van der Waals surface area contributed by atoms with Crippen molar-refractivity contribution < 1.29 is 9.53 Å². The molecule has 170 valence electrons. The Morgan fingerprint density at radius 3 is 2.67 bits per heavy atom. The molecule has 8 nitrogen and oxygen atoms in total. The van der Waals surface area contributed by atoms with Gasteiger partial charge >= 0.3 is 0 Å². The molecule has 0 aliphatic carbocycles. The first-order valence-electron chi connectivity index (χ1n) is 10.6. The lowest BCUT2D eigenvalue weighted by Gasteiger charge is -2.11. The minimum Gasteiger partial charge on any atom is -0.484 e. The van der Waals surface area contributed by atoms with Gasteiger partial charge in [0.1, 0.15) is 12.1 Å². The molecule has 0 saturated heterocycles. The summed E-state index contributed by atoms with van der Waals surface area (Å²) in [6.07, 6.45) is 1.64. The monoisotopic (exact) mass is 463 g/mol. The molecular weight excluding hydrogens is 438 g/mol. The Labute approximate surface area is 195 Å². The Hall–Kier alpha value is -3.59. The summed E-state index contributed by atoms with van der Waals surface area (Å²) >= 11 is 1.49. The van der Waals surface area contributed by atoms with Crippen LogP contribution in [0, 0.1) is 5.92 Å². The van der Waals surface area contributed by atoms with Gasteiger partial charge in [0.05, 0.1) is 11.4 Å². The molecule has 4 rings (SSSR count). The van der Waals surface area contributed by atoms with Gasteiger partial charge in [-0.25, -0.2) is 4.98 Å². The molecule has 0 atom stereocenters. The highest BCUT2D eigenvalue weighted by molar-refractivity contribution is 7.98. The third-order valence-corrected chi connectivity index (χ3v) is 5.80. The van der Waals surface area contributed by atoms with Gasteiger partial charge in [-0.3, -0.25) is 14.3 Å². The number of carbonyl (C=O) groups is 1. The number of carbonyl (C=O) groups excluding carboxylic acids is 1. The van der Waals surface area contributed by atoms with Gasteiger partial charge in [0.2, 0.25) is 0 Å². The molecule has 0 unspecified atom stereocenters. The first-order valence-corrected chi connectivity index (χ1v) is 11.6. The van der Waals surface area contributed by atoms with E-state index in [-0.39, 0.29) is 18.1 Å². The topological polar surface area (TPSA) is 90.5 Å². The van der Waals surface area contributed by atoms with E-state index in [0.717, 1.165) is 4.90 Å². The molecule has 0 spiro atoms. The number of rotatable bonds is 9. The van der Waals surface area contributed by atoms with Crippen LogP contribution in [0.5, 0.6) is 5.75 Å². The fourth-order valence-corrected chi connectivity index (χ4v) is 4.18. The van der Waals surface area contributed by atoms with Crippen LogP contribution in [0.15, 0.2) is 76.7 Å². The third kappa shape index (κ3) is 5.81. The lowest BCUT2D eigenvalue weighted by Crippen LogP contribution is -2.22. The minimum atomic E-state index is -0.250. The lowest BCUT2D eigenvalue weighted by molar-refractivity contribution is -0.118. The maximum atomic E-state index is 12.7. The Morgan fingerprint density at radius 1 is 1.12 bits per heavy atom. The van der Waals surface area contributed by atoms with E-state index in [0.29, 0.717) is 41.1 Å². The van der Waals surface area contributed by atoms with Crippen molar-refractivity contribution in [3.63, 3.8) is 0 Å². The Kier molecular flexibility index (Phi) is 7.09. The van der Waals surface area contributed by atoms with E-state index >= 15 is 0 Å². The summed E-state index contributed by atoms with van der Waals surface area (Å²) in [6.45, 7) is 4.77. The Morgan fingerprint density at radius 2 is 1.88 bits per heavy atom. The van der Waals surface area contributed by atoms with Crippen molar-refractivity contribution in [1.29, 1.82) is 0 Å². The number of amides is 1. The number of benzene rings is 2. The Bertz CT molecular complexity index is 1300. The van der Waals surface area contributed by atoms with Gasteiger partial charge in [-0.1, -0.05) is 44.2 Å². The van der Waals surface area contributed by atoms with Gasteiger partial charge < -0.3 is 10.1 Å². The Balaban J connectivity index is 1.42. The van der Waals surface area contributed by atoms with Crippen LogP contribution >= 0.6 is 11.8 Å². The predicted molar refractivity (Wildman–Crippen MR) is 129 cm³/mol. The molecule has 0 saturated carbocycles. The van der Waals surface area contributed by atoms with Crippen molar-refractivity contribution in [3.05, 3.63) is 83.0 Å². The van der Waals surface area contributed by atoms with Crippen molar-refractivity contribution >= 4 is 29.1 Å². The zero-order valence-corrected chi connectivity index (χ0v) is 19.3. The van der Waals surface area contributed by atoms with Gasteiger partial charge in [-0.2, -0.15) is 9.50 Å². The zero-order chi connectivity index (χ0) is 23.2. The second-order valence-electron chi connectivity index (χ2n) is 7.89. The summed E-state index contributed by atoms with van der Waals surface area (Å²) in [5.41, 5.74) is 1.16. The van der Waals surface area contributed by atoms with Crippen molar-refractivity contribution in [2.45, 2.75) is 31.0 Å². The van der Waals surface area contributed by atoms with E-state index in [9.17, 15) is 9.59 Å². The lowest BCUT2D eigenvalue weighted by atomic mass is 10.2. The summed E-state index contributed by atoms with van der Waals surface area (Å²) in [5, 5.41) is 2.89. The summed E-state index contributed by atoms with van der Waals surface area (Å²) in [4.78, 5) is 34.7. The molecule has 2 heterocycles. The molecule has 1 amide bonds. The molecule has 2 aromatic heterocycles. The number of fused-ring (bicyclic) bond motifs is 1. The van der Waals surface area contributed by atoms with Crippen LogP contribution in [-0.4, -0.2) is 31.7 Å². The number of nitrogens with zero attached hydrogens (tertiary/aromatic N) is 4. The van der Waals surface area contributed by atoms with Gasteiger partial charge in [0, 0.05) is 23.3 Å². The smallest absolute Gasteiger partial charge is 0.274 e. The van der Waals surface area contributed by atoms with Crippen molar-refractivity contribution in [1.82, 2.24) is 19.2 Å². The second kappa shape index (κ2) is 10.4. The van der Waals surface area contributed by atoms with Crippen molar-refractivity contribution in [2.24, 2.45) is 5.92 Å². The highest BCUT2D eigenvalue weighted by atomic mass is 32.2. The second-order valence-corrected chi connectivity index (χ2v) is 8.91. The highest BCUT2D eigenvalue weighted by Gasteiger charge is 2.12. The third-order valence-electron chi connectivity index (χ3n) is 4.70. The molecule has 0 aliphatic heterocycles. The molecular formula is C24H25N5O3S.